The summed E-state index contributed by atoms with van der Waals surface area (Å²) in [4.78, 5) is 12.8. The summed E-state index contributed by atoms with van der Waals surface area (Å²) >= 11 is 1.30. The van der Waals surface area contributed by atoms with E-state index in [0.29, 0.717) is 15.8 Å². The number of carbonyl (C=O) groups is 1. The van der Waals surface area contributed by atoms with Crippen LogP contribution in [0.1, 0.15) is 36.7 Å². The van der Waals surface area contributed by atoms with Crippen molar-refractivity contribution in [2.75, 3.05) is 11.9 Å². The highest BCUT2D eigenvalue weighted by molar-refractivity contribution is 7.20. The summed E-state index contributed by atoms with van der Waals surface area (Å²) in [6.07, 6.45) is 2.94. The average molecular weight is 359 g/mol. The summed E-state index contributed by atoms with van der Waals surface area (Å²) in [7, 11) is 0. The van der Waals surface area contributed by atoms with Gasteiger partial charge in [0, 0.05) is 6.42 Å². The molecule has 132 valence electrons. The van der Waals surface area contributed by atoms with Crippen LogP contribution in [-0.4, -0.2) is 32.3 Å². The van der Waals surface area contributed by atoms with E-state index < -0.39 is 0 Å². The molecule has 0 aliphatic carbocycles. The van der Waals surface area contributed by atoms with Gasteiger partial charge in [-0.1, -0.05) is 30.7 Å². The van der Waals surface area contributed by atoms with Gasteiger partial charge in [0.2, 0.25) is 10.1 Å². The number of rotatable bonds is 7. The Morgan fingerprint density at radius 1 is 1.28 bits per heavy atom. The zero-order chi connectivity index (χ0) is 17.8. The van der Waals surface area contributed by atoms with Crippen LogP contribution in [0.15, 0.2) is 18.2 Å². The molecule has 0 unspecified atom stereocenters. The predicted octanol–water partition coefficient (Wildman–Crippen LogP) is 3.16. The number of carbonyl (C=O) groups excluding carboxylic acids is 1. The lowest BCUT2D eigenvalue weighted by Gasteiger charge is -2.07. The SMILES string of the molecule is CCCCc1nnc2sc(NC(=O)COc3ccc(C)c(C)c3)nn12. The maximum atomic E-state index is 12.1. The van der Waals surface area contributed by atoms with Crippen molar-refractivity contribution in [3.05, 3.63) is 35.2 Å². The smallest absolute Gasteiger partial charge is 0.264 e. The van der Waals surface area contributed by atoms with Gasteiger partial charge < -0.3 is 4.74 Å². The second-order valence-electron chi connectivity index (χ2n) is 5.90. The van der Waals surface area contributed by atoms with Crippen molar-refractivity contribution in [3.63, 3.8) is 0 Å². The molecule has 0 aliphatic rings. The molecule has 1 N–H and O–H groups in total. The topological polar surface area (TPSA) is 81.4 Å². The van der Waals surface area contributed by atoms with Gasteiger partial charge in [0.1, 0.15) is 5.75 Å². The van der Waals surface area contributed by atoms with Crippen LogP contribution in [0.2, 0.25) is 0 Å². The number of unbranched alkanes of at least 4 members (excludes halogenated alkanes) is 1. The normalized spacial score (nSPS) is 11.0. The van der Waals surface area contributed by atoms with Crippen LogP contribution in [0.3, 0.4) is 0 Å². The number of fused-ring (bicyclic) bond motifs is 1. The molecule has 2 aromatic heterocycles. The van der Waals surface area contributed by atoms with E-state index in [1.807, 2.05) is 32.0 Å². The molecule has 0 spiro atoms. The van der Waals surface area contributed by atoms with E-state index in [1.165, 1.54) is 16.9 Å². The maximum absolute atomic E-state index is 12.1. The molecule has 0 atom stereocenters. The number of aromatic nitrogens is 4. The quantitative estimate of drug-likeness (QED) is 0.701. The number of anilines is 1. The first kappa shape index (κ1) is 17.3. The molecule has 0 bridgehead atoms. The second-order valence-corrected chi connectivity index (χ2v) is 6.86. The van der Waals surface area contributed by atoms with Crippen LogP contribution >= 0.6 is 11.3 Å². The molecule has 0 fully saturated rings. The summed E-state index contributed by atoms with van der Waals surface area (Å²) in [5.41, 5.74) is 2.32. The molecule has 0 saturated heterocycles. The first-order valence-electron chi connectivity index (χ1n) is 8.28. The zero-order valence-electron chi connectivity index (χ0n) is 14.6. The molecule has 0 aliphatic heterocycles. The third-order valence-corrected chi connectivity index (χ3v) is 4.72. The van der Waals surface area contributed by atoms with Crippen molar-refractivity contribution >= 4 is 27.3 Å². The Bertz CT molecular complexity index is 886. The molecule has 3 aromatic rings. The third-order valence-electron chi connectivity index (χ3n) is 3.90. The number of aryl methyl sites for hydroxylation is 3. The fourth-order valence-corrected chi connectivity index (χ4v) is 3.08. The number of nitrogens with zero attached hydrogens (tertiary/aromatic N) is 4. The van der Waals surface area contributed by atoms with Gasteiger partial charge in [0.05, 0.1) is 0 Å². The molecular formula is C17H21N5O2S. The van der Waals surface area contributed by atoms with Crippen molar-refractivity contribution < 1.29 is 9.53 Å². The minimum absolute atomic E-state index is 0.0641. The Balaban J connectivity index is 1.59. The zero-order valence-corrected chi connectivity index (χ0v) is 15.4. The molecule has 8 heteroatoms. The van der Waals surface area contributed by atoms with Gasteiger partial charge in [-0.15, -0.1) is 15.3 Å². The number of hydrogen-bond acceptors (Lipinski definition) is 6. The standard InChI is InChI=1S/C17H21N5O2S/c1-4-5-6-14-19-20-17-22(14)21-16(25-17)18-15(23)10-24-13-8-7-11(2)12(3)9-13/h7-9H,4-6,10H2,1-3H3,(H,18,21,23). The number of amides is 1. The molecule has 1 aromatic carbocycles. The molecule has 0 radical (unpaired) electrons. The Morgan fingerprint density at radius 2 is 2.12 bits per heavy atom. The monoisotopic (exact) mass is 359 g/mol. The van der Waals surface area contributed by atoms with Crippen molar-refractivity contribution in [3.8, 4) is 5.75 Å². The summed E-state index contributed by atoms with van der Waals surface area (Å²) in [5.74, 6) is 1.25. The maximum Gasteiger partial charge on any atom is 0.264 e. The van der Waals surface area contributed by atoms with Crippen LogP contribution in [0.25, 0.3) is 4.96 Å². The minimum Gasteiger partial charge on any atom is -0.484 e. The molecule has 0 saturated carbocycles. The fraction of sp³-hybridized carbons (Fsp3) is 0.412. The van der Waals surface area contributed by atoms with E-state index in [4.69, 9.17) is 4.74 Å². The van der Waals surface area contributed by atoms with Gasteiger partial charge in [-0.2, -0.15) is 4.52 Å². The lowest BCUT2D eigenvalue weighted by molar-refractivity contribution is -0.118. The number of nitrogens with one attached hydrogen (secondary N) is 1. The van der Waals surface area contributed by atoms with Crippen molar-refractivity contribution in [1.29, 1.82) is 0 Å². The first-order chi connectivity index (χ1) is 12.1. The van der Waals surface area contributed by atoms with Gasteiger partial charge in [-0.25, -0.2) is 0 Å². The fourth-order valence-electron chi connectivity index (χ4n) is 2.31. The van der Waals surface area contributed by atoms with Crippen LogP contribution in [-0.2, 0) is 11.2 Å². The van der Waals surface area contributed by atoms with E-state index in [2.05, 4.69) is 27.5 Å². The average Bonchev–Trinajstić information content (AvgIpc) is 3.14. The minimum atomic E-state index is -0.252. The molecule has 7 nitrogen and oxygen atoms in total. The molecule has 25 heavy (non-hydrogen) atoms. The first-order valence-corrected chi connectivity index (χ1v) is 9.09. The summed E-state index contributed by atoms with van der Waals surface area (Å²) in [6, 6.07) is 5.76. The Morgan fingerprint density at radius 3 is 2.88 bits per heavy atom. The molecule has 1 amide bonds. The predicted molar refractivity (Wildman–Crippen MR) is 97.3 cm³/mol. The van der Waals surface area contributed by atoms with Crippen LogP contribution in [0.5, 0.6) is 5.75 Å². The summed E-state index contributed by atoms with van der Waals surface area (Å²) in [6.45, 7) is 6.11. The molecule has 2 heterocycles. The molecular weight excluding hydrogens is 338 g/mol. The second kappa shape index (κ2) is 7.60. The van der Waals surface area contributed by atoms with Gasteiger partial charge in [0.25, 0.3) is 5.91 Å². The van der Waals surface area contributed by atoms with Crippen molar-refractivity contribution in [1.82, 2.24) is 19.8 Å². The Labute approximate surface area is 150 Å². The summed E-state index contributed by atoms with van der Waals surface area (Å²) in [5, 5.41) is 15.8. The van der Waals surface area contributed by atoms with Gasteiger partial charge >= 0.3 is 0 Å². The number of benzene rings is 1. The third kappa shape index (κ3) is 4.14. The van der Waals surface area contributed by atoms with Gasteiger partial charge in [0.15, 0.2) is 12.4 Å². The largest absolute Gasteiger partial charge is 0.484 e. The van der Waals surface area contributed by atoms with Crippen LogP contribution < -0.4 is 10.1 Å². The van der Waals surface area contributed by atoms with Gasteiger partial charge in [-0.05, 0) is 43.5 Å². The van der Waals surface area contributed by atoms with E-state index in [-0.39, 0.29) is 12.5 Å². The Kier molecular flexibility index (Phi) is 5.28. The highest BCUT2D eigenvalue weighted by Gasteiger charge is 2.13. The van der Waals surface area contributed by atoms with Crippen molar-refractivity contribution in [2.45, 2.75) is 40.0 Å². The van der Waals surface area contributed by atoms with E-state index in [1.54, 1.807) is 4.52 Å². The van der Waals surface area contributed by atoms with Crippen molar-refractivity contribution in [2.24, 2.45) is 0 Å². The van der Waals surface area contributed by atoms with E-state index >= 15 is 0 Å². The summed E-state index contributed by atoms with van der Waals surface area (Å²) < 4.78 is 7.23. The Hall–Kier alpha value is -2.48. The van der Waals surface area contributed by atoms with Crippen LogP contribution in [0, 0.1) is 13.8 Å². The van der Waals surface area contributed by atoms with Crippen LogP contribution in [0.4, 0.5) is 5.13 Å². The number of ether oxygens (including phenoxy) is 1. The molecule has 3 rings (SSSR count). The van der Waals surface area contributed by atoms with E-state index in [9.17, 15) is 4.79 Å². The lowest BCUT2D eigenvalue weighted by Crippen LogP contribution is -2.20. The van der Waals surface area contributed by atoms with Gasteiger partial charge in [-0.3, -0.25) is 10.1 Å². The lowest BCUT2D eigenvalue weighted by atomic mass is 10.1. The highest BCUT2D eigenvalue weighted by atomic mass is 32.1. The highest BCUT2D eigenvalue weighted by Crippen LogP contribution is 2.20. The van der Waals surface area contributed by atoms with E-state index in [0.717, 1.165) is 30.7 Å². The number of hydrogen-bond donors (Lipinski definition) is 1.